The normalized spacial score (nSPS) is 15.9. The molecule has 1 saturated heterocycles. The van der Waals surface area contributed by atoms with Gasteiger partial charge in [0.05, 0.1) is 23.4 Å². The Kier molecular flexibility index (Phi) is 5.92. The molecule has 5 nitrogen and oxygen atoms in total. The molecular formula is C23H25FN2O3S. The molecule has 0 spiro atoms. The van der Waals surface area contributed by atoms with Crippen LogP contribution in [0.25, 0.3) is 0 Å². The van der Waals surface area contributed by atoms with Crippen molar-refractivity contribution in [3.05, 3.63) is 84.1 Å². The number of sulfonamides is 1. The van der Waals surface area contributed by atoms with E-state index in [1.165, 1.54) is 28.6 Å². The maximum atomic E-state index is 13.5. The first kappa shape index (κ1) is 20.6. The van der Waals surface area contributed by atoms with Gasteiger partial charge in [-0.15, -0.1) is 0 Å². The van der Waals surface area contributed by atoms with Gasteiger partial charge in [0.1, 0.15) is 11.6 Å². The van der Waals surface area contributed by atoms with Gasteiger partial charge < -0.3 is 4.42 Å². The van der Waals surface area contributed by atoms with Gasteiger partial charge in [0, 0.05) is 19.1 Å². The van der Waals surface area contributed by atoms with Crippen molar-refractivity contribution in [2.24, 2.45) is 0 Å². The molecule has 0 atom stereocenters. The molecule has 0 amide bonds. The topological polar surface area (TPSA) is 53.8 Å². The SMILES string of the molecule is Cc1ccc(N(C2CCN(Cc3ccco3)CC2)S(=O)(=O)c2ccc(F)cc2)cc1. The number of benzene rings is 2. The van der Waals surface area contributed by atoms with Crippen molar-refractivity contribution in [3.63, 3.8) is 0 Å². The van der Waals surface area contributed by atoms with E-state index in [0.29, 0.717) is 18.5 Å². The molecule has 7 heteroatoms. The Labute approximate surface area is 176 Å². The van der Waals surface area contributed by atoms with Crippen LogP contribution in [0.1, 0.15) is 24.2 Å². The zero-order chi connectivity index (χ0) is 21.1. The van der Waals surface area contributed by atoms with E-state index in [2.05, 4.69) is 4.90 Å². The van der Waals surface area contributed by atoms with Crippen molar-refractivity contribution >= 4 is 15.7 Å². The summed E-state index contributed by atoms with van der Waals surface area (Å²) in [6, 6.07) is 16.2. The number of hydrogen-bond donors (Lipinski definition) is 0. The van der Waals surface area contributed by atoms with Gasteiger partial charge in [0.2, 0.25) is 0 Å². The molecule has 30 heavy (non-hydrogen) atoms. The summed E-state index contributed by atoms with van der Waals surface area (Å²) in [4.78, 5) is 2.37. The van der Waals surface area contributed by atoms with Crippen molar-refractivity contribution in [2.75, 3.05) is 17.4 Å². The van der Waals surface area contributed by atoms with E-state index >= 15 is 0 Å². The maximum Gasteiger partial charge on any atom is 0.264 e. The minimum absolute atomic E-state index is 0.0995. The number of aryl methyl sites for hydroxylation is 1. The number of hydrogen-bond acceptors (Lipinski definition) is 4. The minimum Gasteiger partial charge on any atom is -0.468 e. The standard InChI is InChI=1S/C23H25FN2O3S/c1-18-4-8-20(9-5-18)26(30(27,28)23-10-6-19(24)7-11-23)21-12-14-25(15-13-21)17-22-3-2-16-29-22/h2-11,16,21H,12-15,17H2,1H3. The fourth-order valence-corrected chi connectivity index (χ4v) is 5.60. The van der Waals surface area contributed by atoms with Crippen molar-refractivity contribution in [1.82, 2.24) is 4.90 Å². The summed E-state index contributed by atoms with van der Waals surface area (Å²) in [5.74, 6) is 0.449. The number of likely N-dealkylation sites (tertiary alicyclic amines) is 1. The third-order valence-corrected chi connectivity index (χ3v) is 7.40. The van der Waals surface area contributed by atoms with E-state index in [-0.39, 0.29) is 10.9 Å². The molecule has 1 aliphatic rings. The number of furan rings is 1. The van der Waals surface area contributed by atoms with Crippen LogP contribution in [-0.2, 0) is 16.6 Å². The number of nitrogens with zero attached hydrogens (tertiary/aromatic N) is 2. The number of halogens is 1. The lowest BCUT2D eigenvalue weighted by atomic mass is 10.0. The van der Waals surface area contributed by atoms with Gasteiger partial charge in [0.15, 0.2) is 0 Å². The Morgan fingerprint density at radius 3 is 2.30 bits per heavy atom. The monoisotopic (exact) mass is 428 g/mol. The highest BCUT2D eigenvalue weighted by Crippen LogP contribution is 2.31. The van der Waals surface area contributed by atoms with E-state index in [4.69, 9.17) is 4.42 Å². The molecule has 1 fully saturated rings. The molecule has 2 heterocycles. The van der Waals surface area contributed by atoms with E-state index in [0.717, 1.165) is 31.0 Å². The van der Waals surface area contributed by atoms with E-state index in [1.807, 2.05) is 43.3 Å². The van der Waals surface area contributed by atoms with Gasteiger partial charge in [-0.1, -0.05) is 17.7 Å². The average molecular weight is 429 g/mol. The molecule has 3 aromatic rings. The van der Waals surface area contributed by atoms with Gasteiger partial charge in [-0.3, -0.25) is 9.21 Å². The van der Waals surface area contributed by atoms with Gasteiger partial charge in [-0.05, 0) is 68.3 Å². The van der Waals surface area contributed by atoms with Crippen molar-refractivity contribution in [3.8, 4) is 0 Å². The van der Waals surface area contributed by atoms with Crippen LogP contribution >= 0.6 is 0 Å². The van der Waals surface area contributed by atoms with Crippen molar-refractivity contribution in [1.29, 1.82) is 0 Å². The lowest BCUT2D eigenvalue weighted by Gasteiger charge is -2.38. The highest BCUT2D eigenvalue weighted by molar-refractivity contribution is 7.92. The fourth-order valence-electron chi connectivity index (χ4n) is 3.89. The molecule has 1 aromatic heterocycles. The van der Waals surface area contributed by atoms with Crippen LogP contribution in [-0.4, -0.2) is 32.4 Å². The summed E-state index contributed by atoms with van der Waals surface area (Å²) in [7, 11) is -3.82. The largest absolute Gasteiger partial charge is 0.468 e. The molecular weight excluding hydrogens is 403 g/mol. The smallest absolute Gasteiger partial charge is 0.264 e. The second-order valence-electron chi connectivity index (χ2n) is 7.68. The quantitative estimate of drug-likeness (QED) is 0.576. The van der Waals surface area contributed by atoms with Gasteiger partial charge in [-0.2, -0.15) is 0 Å². The van der Waals surface area contributed by atoms with Crippen molar-refractivity contribution in [2.45, 2.75) is 37.2 Å². The van der Waals surface area contributed by atoms with Crippen LogP contribution < -0.4 is 4.31 Å². The summed E-state index contributed by atoms with van der Waals surface area (Å²) in [6.07, 6.45) is 3.07. The zero-order valence-electron chi connectivity index (χ0n) is 16.9. The zero-order valence-corrected chi connectivity index (χ0v) is 17.7. The first-order chi connectivity index (χ1) is 14.4. The number of anilines is 1. The van der Waals surface area contributed by atoms with Crippen LogP contribution in [0.4, 0.5) is 10.1 Å². The number of rotatable bonds is 6. The predicted octanol–water partition coefficient (Wildman–Crippen LogP) is 4.59. The summed E-state index contributed by atoms with van der Waals surface area (Å²) in [5.41, 5.74) is 1.69. The predicted molar refractivity (Wildman–Crippen MR) is 114 cm³/mol. The van der Waals surface area contributed by atoms with Gasteiger partial charge >= 0.3 is 0 Å². The highest BCUT2D eigenvalue weighted by Gasteiger charge is 2.34. The lowest BCUT2D eigenvalue weighted by molar-refractivity contribution is 0.193. The summed E-state index contributed by atoms with van der Waals surface area (Å²) >= 11 is 0. The van der Waals surface area contributed by atoms with Crippen LogP contribution in [0.5, 0.6) is 0 Å². The van der Waals surface area contributed by atoms with Crippen LogP contribution in [0.15, 0.2) is 76.2 Å². The summed E-state index contributed by atoms with van der Waals surface area (Å²) in [5, 5.41) is 0. The third kappa shape index (κ3) is 4.42. The molecule has 158 valence electrons. The van der Waals surface area contributed by atoms with E-state index in [9.17, 15) is 12.8 Å². The van der Waals surface area contributed by atoms with Crippen molar-refractivity contribution < 1.29 is 17.2 Å². The molecule has 0 saturated carbocycles. The van der Waals surface area contributed by atoms with E-state index < -0.39 is 15.8 Å². The number of piperidine rings is 1. The Balaban J connectivity index is 1.60. The Hall–Kier alpha value is -2.64. The molecule has 0 radical (unpaired) electrons. The molecule has 1 aliphatic heterocycles. The fraction of sp³-hybridized carbons (Fsp3) is 0.304. The Bertz CT molecular complexity index is 1060. The van der Waals surface area contributed by atoms with Crippen LogP contribution in [0.3, 0.4) is 0 Å². The minimum atomic E-state index is -3.82. The summed E-state index contributed by atoms with van der Waals surface area (Å²) < 4.78 is 47.4. The molecule has 4 rings (SSSR count). The maximum absolute atomic E-state index is 13.5. The highest BCUT2D eigenvalue weighted by atomic mass is 32.2. The Morgan fingerprint density at radius 2 is 1.70 bits per heavy atom. The Morgan fingerprint density at radius 1 is 1.03 bits per heavy atom. The first-order valence-corrected chi connectivity index (χ1v) is 11.5. The third-order valence-electron chi connectivity index (χ3n) is 5.51. The lowest BCUT2D eigenvalue weighted by Crippen LogP contribution is -2.47. The van der Waals surface area contributed by atoms with Crippen LogP contribution in [0, 0.1) is 12.7 Å². The molecule has 0 N–H and O–H groups in total. The van der Waals surface area contributed by atoms with Crippen LogP contribution in [0.2, 0.25) is 0 Å². The average Bonchev–Trinajstić information content (AvgIpc) is 3.24. The molecule has 0 unspecified atom stereocenters. The van der Waals surface area contributed by atoms with Gasteiger partial charge in [-0.25, -0.2) is 12.8 Å². The molecule has 0 bridgehead atoms. The summed E-state index contributed by atoms with van der Waals surface area (Å²) in [6.45, 7) is 4.23. The second-order valence-corrected chi connectivity index (χ2v) is 9.49. The van der Waals surface area contributed by atoms with E-state index in [1.54, 1.807) is 6.26 Å². The molecule has 0 aliphatic carbocycles. The first-order valence-electron chi connectivity index (χ1n) is 10.0. The van der Waals surface area contributed by atoms with Gasteiger partial charge in [0.25, 0.3) is 10.0 Å². The molecule has 2 aromatic carbocycles. The second kappa shape index (κ2) is 8.62.